The second-order valence-electron chi connectivity index (χ2n) is 4.63. The first-order valence-electron chi connectivity index (χ1n) is 6.16. The molecule has 1 aromatic carbocycles. The van der Waals surface area contributed by atoms with Gasteiger partial charge in [-0.25, -0.2) is 4.79 Å². The Morgan fingerprint density at radius 3 is 2.89 bits per heavy atom. The fourth-order valence-electron chi connectivity index (χ4n) is 2.69. The Labute approximate surface area is 110 Å². The number of aryl methyl sites for hydroxylation is 2. The summed E-state index contributed by atoms with van der Waals surface area (Å²) in [5, 5.41) is 3.40. The van der Waals surface area contributed by atoms with Gasteiger partial charge in [0.1, 0.15) is 5.75 Å². The van der Waals surface area contributed by atoms with Gasteiger partial charge in [-0.15, -0.1) is 0 Å². The molecular formula is C14H14N2O3. The van der Waals surface area contributed by atoms with Gasteiger partial charge in [0.2, 0.25) is 0 Å². The summed E-state index contributed by atoms with van der Waals surface area (Å²) in [4.78, 5) is 23.1. The van der Waals surface area contributed by atoms with E-state index in [0.29, 0.717) is 12.2 Å². The number of carbonyl (C=O) groups is 2. The van der Waals surface area contributed by atoms with Gasteiger partial charge in [0.05, 0.1) is 5.69 Å². The van der Waals surface area contributed by atoms with Crippen molar-refractivity contribution in [2.75, 3.05) is 7.05 Å². The zero-order valence-electron chi connectivity index (χ0n) is 10.8. The zero-order valence-corrected chi connectivity index (χ0v) is 10.8. The van der Waals surface area contributed by atoms with Crippen LogP contribution in [0.5, 0.6) is 5.75 Å². The van der Waals surface area contributed by atoms with Crippen molar-refractivity contribution in [3.8, 4) is 5.75 Å². The molecule has 0 fully saturated rings. The van der Waals surface area contributed by atoms with E-state index in [1.54, 1.807) is 6.07 Å². The van der Waals surface area contributed by atoms with E-state index >= 15 is 0 Å². The number of rotatable bonds is 1. The van der Waals surface area contributed by atoms with Gasteiger partial charge < -0.3 is 14.6 Å². The number of nitrogens with one attached hydrogen (secondary N) is 1. The molecule has 1 N–H and O–H groups in total. The van der Waals surface area contributed by atoms with Crippen LogP contribution in [0.15, 0.2) is 18.2 Å². The van der Waals surface area contributed by atoms with Gasteiger partial charge in [0.25, 0.3) is 0 Å². The van der Waals surface area contributed by atoms with Crippen LogP contribution in [0, 0.1) is 0 Å². The third kappa shape index (κ3) is 1.69. The van der Waals surface area contributed by atoms with Crippen LogP contribution < -0.4 is 10.1 Å². The molecule has 1 aliphatic carbocycles. The van der Waals surface area contributed by atoms with Gasteiger partial charge >= 0.3 is 6.09 Å². The quantitative estimate of drug-likeness (QED) is 0.851. The largest absolute Gasteiger partial charge is 0.412 e. The Kier molecular flexibility index (Phi) is 2.55. The van der Waals surface area contributed by atoms with Crippen molar-refractivity contribution in [2.24, 2.45) is 7.05 Å². The van der Waals surface area contributed by atoms with Crippen molar-refractivity contribution < 1.29 is 14.3 Å². The number of ether oxygens (including phenoxy) is 1. The van der Waals surface area contributed by atoms with Gasteiger partial charge in [-0.1, -0.05) is 0 Å². The lowest BCUT2D eigenvalue weighted by Gasteiger charge is -2.04. The van der Waals surface area contributed by atoms with Crippen LogP contribution in [0.2, 0.25) is 0 Å². The number of fused-ring (bicyclic) bond motifs is 3. The highest BCUT2D eigenvalue weighted by molar-refractivity contribution is 6.06. The molecule has 2 aromatic rings. The van der Waals surface area contributed by atoms with Crippen LogP contribution in [0.3, 0.4) is 0 Å². The lowest BCUT2D eigenvalue weighted by molar-refractivity contribution is 0.0987. The third-order valence-corrected chi connectivity index (χ3v) is 3.56. The molecule has 19 heavy (non-hydrogen) atoms. The molecule has 1 heterocycles. The van der Waals surface area contributed by atoms with E-state index in [4.69, 9.17) is 4.74 Å². The van der Waals surface area contributed by atoms with Gasteiger partial charge in [0, 0.05) is 31.4 Å². The normalized spacial score (nSPS) is 13.7. The van der Waals surface area contributed by atoms with Crippen LogP contribution >= 0.6 is 0 Å². The summed E-state index contributed by atoms with van der Waals surface area (Å²) in [6, 6.07) is 5.43. The van der Waals surface area contributed by atoms with E-state index in [0.717, 1.165) is 28.6 Å². The van der Waals surface area contributed by atoms with Crippen molar-refractivity contribution in [1.29, 1.82) is 0 Å². The number of amides is 1. The number of hydrogen-bond acceptors (Lipinski definition) is 3. The van der Waals surface area contributed by atoms with Crippen molar-refractivity contribution in [3.63, 3.8) is 0 Å². The summed E-state index contributed by atoms with van der Waals surface area (Å²) >= 11 is 0. The Morgan fingerprint density at radius 2 is 2.16 bits per heavy atom. The average molecular weight is 258 g/mol. The minimum Gasteiger partial charge on any atom is -0.410 e. The van der Waals surface area contributed by atoms with E-state index in [1.807, 2.05) is 23.7 Å². The van der Waals surface area contributed by atoms with Gasteiger partial charge in [-0.3, -0.25) is 4.79 Å². The lowest BCUT2D eigenvalue weighted by Crippen LogP contribution is -2.21. The second-order valence-corrected chi connectivity index (χ2v) is 4.63. The maximum Gasteiger partial charge on any atom is 0.412 e. The average Bonchev–Trinajstić information content (AvgIpc) is 2.91. The highest BCUT2D eigenvalue weighted by Gasteiger charge is 2.26. The highest BCUT2D eigenvalue weighted by atomic mass is 16.5. The van der Waals surface area contributed by atoms with Gasteiger partial charge in [0.15, 0.2) is 5.78 Å². The molecule has 0 saturated carbocycles. The molecule has 0 radical (unpaired) electrons. The number of carbonyl (C=O) groups excluding carboxylic acids is 2. The summed E-state index contributed by atoms with van der Waals surface area (Å²) in [5.41, 5.74) is 2.83. The second kappa shape index (κ2) is 4.12. The number of hydrogen-bond donors (Lipinski definition) is 1. The molecule has 0 unspecified atom stereocenters. The van der Waals surface area contributed by atoms with Crippen molar-refractivity contribution in [1.82, 2.24) is 9.88 Å². The molecule has 3 rings (SSSR count). The topological polar surface area (TPSA) is 60.3 Å². The highest BCUT2D eigenvalue weighted by Crippen LogP contribution is 2.34. The SMILES string of the molecule is CNC(=O)Oc1ccc2c(c1)c1c(n2C)C(=O)CC1. The molecule has 1 aliphatic rings. The lowest BCUT2D eigenvalue weighted by atomic mass is 10.1. The Hall–Kier alpha value is -2.30. The van der Waals surface area contributed by atoms with Crippen molar-refractivity contribution in [2.45, 2.75) is 12.8 Å². The number of benzene rings is 1. The molecular weight excluding hydrogens is 244 g/mol. The third-order valence-electron chi connectivity index (χ3n) is 3.56. The fraction of sp³-hybridized carbons (Fsp3) is 0.286. The number of ketones is 1. The zero-order chi connectivity index (χ0) is 13.6. The number of Topliss-reactive ketones (excluding diaryl/α,β-unsaturated/α-hetero) is 1. The maximum atomic E-state index is 11.8. The summed E-state index contributed by atoms with van der Waals surface area (Å²) in [6.07, 6.45) is 0.826. The minimum atomic E-state index is -0.497. The van der Waals surface area contributed by atoms with Gasteiger partial charge in [-0.2, -0.15) is 0 Å². The molecule has 98 valence electrons. The predicted octanol–water partition coefficient (Wildman–Crippen LogP) is 2.03. The van der Waals surface area contributed by atoms with E-state index in [9.17, 15) is 9.59 Å². The first-order valence-corrected chi connectivity index (χ1v) is 6.16. The standard InChI is InChI=1S/C14H14N2O3/c1-15-14(18)19-8-3-5-11-10(7-8)9-4-6-12(17)13(9)16(11)2/h3,5,7H,4,6H2,1-2H3,(H,15,18). The van der Waals surface area contributed by atoms with E-state index in [2.05, 4.69) is 5.32 Å². The Bertz CT molecular complexity index is 700. The smallest absolute Gasteiger partial charge is 0.410 e. The summed E-state index contributed by atoms with van der Waals surface area (Å²) in [7, 11) is 3.41. The molecule has 5 nitrogen and oxygen atoms in total. The van der Waals surface area contributed by atoms with Gasteiger partial charge in [-0.05, 0) is 30.2 Å². The molecule has 1 aromatic heterocycles. The summed E-state index contributed by atoms with van der Waals surface area (Å²) in [6.45, 7) is 0. The van der Waals surface area contributed by atoms with E-state index < -0.39 is 6.09 Å². The first-order chi connectivity index (χ1) is 9.11. The Morgan fingerprint density at radius 1 is 1.37 bits per heavy atom. The van der Waals surface area contributed by atoms with Crippen LogP contribution in [0.1, 0.15) is 22.5 Å². The van der Waals surface area contributed by atoms with Crippen molar-refractivity contribution >= 4 is 22.8 Å². The predicted molar refractivity (Wildman–Crippen MR) is 70.7 cm³/mol. The number of aromatic nitrogens is 1. The molecule has 5 heteroatoms. The van der Waals surface area contributed by atoms with Crippen LogP contribution in [0.25, 0.3) is 10.9 Å². The molecule has 1 amide bonds. The molecule has 0 bridgehead atoms. The monoisotopic (exact) mass is 258 g/mol. The van der Waals surface area contributed by atoms with E-state index in [1.165, 1.54) is 7.05 Å². The fourth-order valence-corrected chi connectivity index (χ4v) is 2.69. The molecule has 0 aliphatic heterocycles. The van der Waals surface area contributed by atoms with Crippen LogP contribution in [-0.2, 0) is 13.5 Å². The summed E-state index contributed by atoms with van der Waals surface area (Å²) < 4.78 is 7.04. The first kappa shape index (κ1) is 11.8. The van der Waals surface area contributed by atoms with E-state index in [-0.39, 0.29) is 5.78 Å². The van der Waals surface area contributed by atoms with Crippen molar-refractivity contribution in [3.05, 3.63) is 29.5 Å². The Balaban J connectivity index is 2.13. The summed E-state index contributed by atoms with van der Waals surface area (Å²) in [5.74, 6) is 0.669. The number of nitrogens with zero attached hydrogens (tertiary/aromatic N) is 1. The molecule has 0 atom stereocenters. The minimum absolute atomic E-state index is 0.183. The maximum absolute atomic E-state index is 11.8. The molecule has 0 saturated heterocycles. The van der Waals surface area contributed by atoms with Crippen LogP contribution in [0.4, 0.5) is 4.79 Å². The molecule has 0 spiro atoms. The van der Waals surface area contributed by atoms with Crippen LogP contribution in [-0.4, -0.2) is 23.5 Å².